The van der Waals surface area contributed by atoms with Crippen molar-refractivity contribution < 1.29 is 9.53 Å². The van der Waals surface area contributed by atoms with E-state index in [9.17, 15) is 4.79 Å². The van der Waals surface area contributed by atoms with Crippen LogP contribution in [-0.2, 0) is 4.79 Å². The van der Waals surface area contributed by atoms with Crippen LogP contribution in [-0.4, -0.2) is 18.6 Å². The lowest BCUT2D eigenvalue weighted by atomic mass is 10.0. The first-order chi connectivity index (χ1) is 8.54. The molecular formula is C15H19NO2. The van der Waals surface area contributed by atoms with Crippen molar-refractivity contribution in [2.75, 3.05) is 6.54 Å². The predicted molar refractivity (Wildman–Crippen MR) is 72.5 cm³/mol. The zero-order chi connectivity index (χ0) is 13.5. The first-order valence-electron chi connectivity index (χ1n) is 6.02. The molecule has 0 aromatic heterocycles. The Morgan fingerprint density at radius 3 is 2.78 bits per heavy atom. The summed E-state index contributed by atoms with van der Waals surface area (Å²) in [6, 6.07) is 7.77. The van der Waals surface area contributed by atoms with Crippen LogP contribution in [0.5, 0.6) is 5.75 Å². The van der Waals surface area contributed by atoms with Gasteiger partial charge in [0, 0.05) is 0 Å². The number of hydrogen-bond acceptors (Lipinski definition) is 2. The summed E-state index contributed by atoms with van der Waals surface area (Å²) >= 11 is 0. The van der Waals surface area contributed by atoms with Gasteiger partial charge < -0.3 is 10.1 Å². The molecule has 0 radical (unpaired) electrons. The maximum Gasteiger partial charge on any atom is 0.261 e. The van der Waals surface area contributed by atoms with Crippen molar-refractivity contribution in [1.29, 1.82) is 0 Å². The molecule has 0 bridgehead atoms. The molecule has 1 N–H and O–H groups in total. The molecule has 0 heterocycles. The molecule has 0 spiro atoms. The first kappa shape index (κ1) is 14.1. The molecule has 3 heteroatoms. The van der Waals surface area contributed by atoms with Crippen molar-refractivity contribution in [3.63, 3.8) is 0 Å². The second kappa shape index (κ2) is 6.70. The Labute approximate surface area is 109 Å². The minimum absolute atomic E-state index is 0.206. The van der Waals surface area contributed by atoms with Gasteiger partial charge in [-0.3, -0.25) is 4.79 Å². The lowest BCUT2D eigenvalue weighted by molar-refractivity contribution is -0.126. The third-order valence-corrected chi connectivity index (χ3v) is 2.57. The first-order valence-corrected chi connectivity index (χ1v) is 6.02. The van der Waals surface area contributed by atoms with Gasteiger partial charge in [0.25, 0.3) is 5.91 Å². The highest BCUT2D eigenvalue weighted by atomic mass is 16.5. The third-order valence-electron chi connectivity index (χ3n) is 2.57. The fourth-order valence-electron chi connectivity index (χ4n) is 1.49. The van der Waals surface area contributed by atoms with E-state index in [0.717, 1.165) is 0 Å². The molecule has 1 aromatic carbocycles. The second-order valence-corrected chi connectivity index (χ2v) is 4.41. The smallest absolute Gasteiger partial charge is 0.261 e. The Bertz CT molecular complexity index is 446. The Balaban J connectivity index is 2.64. The number of nitrogens with one attached hydrogen (secondary N) is 1. The van der Waals surface area contributed by atoms with E-state index in [4.69, 9.17) is 11.2 Å². The third kappa shape index (κ3) is 4.14. The maximum absolute atomic E-state index is 11.6. The largest absolute Gasteiger partial charge is 0.481 e. The summed E-state index contributed by atoms with van der Waals surface area (Å²) in [6.45, 7) is 6.15. The van der Waals surface area contributed by atoms with Gasteiger partial charge in [0.1, 0.15) is 5.75 Å². The fourth-order valence-corrected chi connectivity index (χ4v) is 1.49. The van der Waals surface area contributed by atoms with E-state index < -0.39 is 6.10 Å². The second-order valence-electron chi connectivity index (χ2n) is 4.41. The summed E-state index contributed by atoms with van der Waals surface area (Å²) in [5, 5.41) is 2.59. The summed E-state index contributed by atoms with van der Waals surface area (Å²) in [5.74, 6) is 3.28. The van der Waals surface area contributed by atoms with Crippen molar-refractivity contribution in [2.45, 2.75) is 32.8 Å². The monoisotopic (exact) mass is 245 g/mol. The molecule has 96 valence electrons. The van der Waals surface area contributed by atoms with E-state index in [2.05, 4.69) is 25.1 Å². The van der Waals surface area contributed by atoms with E-state index in [1.165, 1.54) is 5.56 Å². The van der Waals surface area contributed by atoms with E-state index >= 15 is 0 Å². The normalized spacial score (nSPS) is 11.7. The number of ether oxygens (including phenoxy) is 1. The van der Waals surface area contributed by atoms with E-state index in [-0.39, 0.29) is 12.5 Å². The topological polar surface area (TPSA) is 38.3 Å². The van der Waals surface area contributed by atoms with Gasteiger partial charge in [-0.1, -0.05) is 31.9 Å². The lowest BCUT2D eigenvalue weighted by Gasteiger charge is -2.15. The molecule has 1 rings (SSSR count). The number of carbonyl (C=O) groups excluding carboxylic acids is 1. The van der Waals surface area contributed by atoms with E-state index in [1.807, 2.05) is 24.3 Å². The van der Waals surface area contributed by atoms with Crippen LogP contribution < -0.4 is 10.1 Å². The molecule has 3 nitrogen and oxygen atoms in total. The molecular weight excluding hydrogens is 226 g/mol. The Morgan fingerprint density at radius 1 is 1.44 bits per heavy atom. The van der Waals surface area contributed by atoms with Crippen LogP contribution in [0.1, 0.15) is 32.3 Å². The summed E-state index contributed by atoms with van der Waals surface area (Å²) in [5.41, 5.74) is 1.18. The molecule has 0 aliphatic heterocycles. The highest BCUT2D eigenvalue weighted by molar-refractivity contribution is 5.80. The van der Waals surface area contributed by atoms with Gasteiger partial charge in [-0.15, -0.1) is 6.42 Å². The molecule has 0 saturated heterocycles. The Kier molecular flexibility index (Phi) is 5.26. The van der Waals surface area contributed by atoms with Gasteiger partial charge in [-0.05, 0) is 30.5 Å². The molecule has 0 aliphatic rings. The summed E-state index contributed by atoms with van der Waals surface area (Å²) in [6.07, 6.45) is 4.52. The van der Waals surface area contributed by atoms with Crippen molar-refractivity contribution >= 4 is 5.91 Å². The standard InChI is InChI=1S/C15H19NO2/c1-5-9-16-15(17)12(4)18-14-8-6-7-13(10-14)11(2)3/h1,6-8,10-12H,9H2,2-4H3,(H,16,17). The van der Waals surface area contributed by atoms with Crippen molar-refractivity contribution in [3.05, 3.63) is 29.8 Å². The average molecular weight is 245 g/mol. The van der Waals surface area contributed by atoms with Crippen LogP contribution in [0.25, 0.3) is 0 Å². The number of carbonyl (C=O) groups is 1. The summed E-state index contributed by atoms with van der Waals surface area (Å²) in [7, 11) is 0. The minimum Gasteiger partial charge on any atom is -0.481 e. The van der Waals surface area contributed by atoms with Gasteiger partial charge in [-0.25, -0.2) is 0 Å². The molecule has 1 atom stereocenters. The van der Waals surface area contributed by atoms with Gasteiger partial charge in [0.05, 0.1) is 6.54 Å². The van der Waals surface area contributed by atoms with Gasteiger partial charge >= 0.3 is 0 Å². The molecule has 1 aromatic rings. The summed E-state index contributed by atoms with van der Waals surface area (Å²) < 4.78 is 5.58. The maximum atomic E-state index is 11.6. The minimum atomic E-state index is -0.555. The van der Waals surface area contributed by atoms with Crippen LogP contribution in [0.3, 0.4) is 0 Å². The lowest BCUT2D eigenvalue weighted by Crippen LogP contribution is -2.36. The van der Waals surface area contributed by atoms with E-state index in [1.54, 1.807) is 6.92 Å². The summed E-state index contributed by atoms with van der Waals surface area (Å²) in [4.78, 5) is 11.6. The fraction of sp³-hybridized carbons (Fsp3) is 0.400. The number of benzene rings is 1. The number of terminal acetylenes is 1. The van der Waals surface area contributed by atoms with Gasteiger partial charge in [-0.2, -0.15) is 0 Å². The van der Waals surface area contributed by atoms with Crippen molar-refractivity contribution in [2.24, 2.45) is 0 Å². The van der Waals surface area contributed by atoms with Crippen molar-refractivity contribution in [3.8, 4) is 18.1 Å². The predicted octanol–water partition coefficient (Wildman–Crippen LogP) is 2.33. The Morgan fingerprint density at radius 2 is 2.17 bits per heavy atom. The highest BCUT2D eigenvalue weighted by Gasteiger charge is 2.13. The average Bonchev–Trinajstić information content (AvgIpc) is 2.36. The number of rotatable bonds is 5. The molecule has 1 amide bonds. The quantitative estimate of drug-likeness (QED) is 0.808. The molecule has 18 heavy (non-hydrogen) atoms. The van der Waals surface area contributed by atoms with Crippen molar-refractivity contribution in [1.82, 2.24) is 5.32 Å². The number of amides is 1. The van der Waals surface area contributed by atoms with Crippen LogP contribution >= 0.6 is 0 Å². The van der Waals surface area contributed by atoms with Crippen LogP contribution in [0.4, 0.5) is 0 Å². The molecule has 1 unspecified atom stereocenters. The zero-order valence-electron chi connectivity index (χ0n) is 11.1. The van der Waals surface area contributed by atoms with Crippen LogP contribution in [0.15, 0.2) is 24.3 Å². The number of hydrogen-bond donors (Lipinski definition) is 1. The van der Waals surface area contributed by atoms with E-state index in [0.29, 0.717) is 11.7 Å². The van der Waals surface area contributed by atoms with Crippen LogP contribution in [0.2, 0.25) is 0 Å². The molecule has 0 fully saturated rings. The molecule has 0 aliphatic carbocycles. The SMILES string of the molecule is C#CCNC(=O)C(C)Oc1cccc(C(C)C)c1. The zero-order valence-corrected chi connectivity index (χ0v) is 11.1. The Hall–Kier alpha value is -1.95. The van der Waals surface area contributed by atoms with Gasteiger partial charge in [0.2, 0.25) is 0 Å². The molecule has 0 saturated carbocycles. The van der Waals surface area contributed by atoms with Gasteiger partial charge in [0.15, 0.2) is 6.10 Å². The van der Waals surface area contributed by atoms with Crippen LogP contribution in [0, 0.1) is 12.3 Å². The highest BCUT2D eigenvalue weighted by Crippen LogP contribution is 2.20.